The molecule has 248 valence electrons. The number of hydrogen-bond donors (Lipinski definition) is 5. The van der Waals surface area contributed by atoms with Crippen LogP contribution in [-0.4, -0.2) is 90.0 Å². The van der Waals surface area contributed by atoms with E-state index in [0.717, 1.165) is 11.8 Å². The molecule has 0 bridgehead atoms. The normalized spacial score (nSPS) is 13.2. The van der Waals surface area contributed by atoms with Gasteiger partial charge in [0.05, 0.1) is 13.6 Å². The second-order valence-corrected chi connectivity index (χ2v) is 11.9. The van der Waals surface area contributed by atoms with Crippen molar-refractivity contribution >= 4 is 59.3 Å². The summed E-state index contributed by atoms with van der Waals surface area (Å²) in [7, 11) is 5.18. The van der Waals surface area contributed by atoms with Gasteiger partial charge in [-0.05, 0) is 38.5 Å². The van der Waals surface area contributed by atoms with Crippen molar-refractivity contribution in [3.63, 3.8) is 0 Å². The number of halogens is 3. The van der Waals surface area contributed by atoms with Crippen molar-refractivity contribution in [2.24, 2.45) is 0 Å². The van der Waals surface area contributed by atoms with Crippen LogP contribution in [0.15, 0.2) is 60.7 Å². The third-order valence-electron chi connectivity index (χ3n) is 6.33. The second kappa shape index (κ2) is 20.7. The number of amides is 3. The van der Waals surface area contributed by atoms with Gasteiger partial charge >= 0.3 is 6.18 Å². The van der Waals surface area contributed by atoms with Crippen molar-refractivity contribution in [3.05, 3.63) is 71.8 Å². The third-order valence-corrected chi connectivity index (χ3v) is 8.21. The Labute approximate surface area is 275 Å². The Hall–Kier alpha value is -3.34. The summed E-state index contributed by atoms with van der Waals surface area (Å²) >= 11 is 1.53. The zero-order valence-electron chi connectivity index (χ0n) is 24.9. The fourth-order valence-corrected chi connectivity index (χ4v) is 5.30. The number of rotatable bonds is 19. The molecule has 3 amide bonds. The summed E-state index contributed by atoms with van der Waals surface area (Å²) in [5.74, 6) is -2.72. The van der Waals surface area contributed by atoms with Gasteiger partial charge in [-0.1, -0.05) is 84.2 Å². The van der Waals surface area contributed by atoms with Crippen molar-refractivity contribution < 1.29 is 42.3 Å². The monoisotopic (exact) mass is 680 g/mol. The van der Waals surface area contributed by atoms with Gasteiger partial charge < -0.3 is 21.1 Å². The maximum absolute atomic E-state index is 13.8. The number of hydrogen-bond acceptors (Lipinski definition) is 9. The predicted molar refractivity (Wildman–Crippen MR) is 172 cm³/mol. The molecule has 0 aliphatic rings. The van der Waals surface area contributed by atoms with Crippen LogP contribution in [0, 0.1) is 0 Å². The average Bonchev–Trinajstić information content (AvgIpc) is 3.04. The van der Waals surface area contributed by atoms with Crippen LogP contribution in [-0.2, 0) is 14.4 Å². The molecule has 0 heterocycles. The number of nitrogens with one attached hydrogen (secondary N) is 4. The van der Waals surface area contributed by atoms with Crippen molar-refractivity contribution in [2.45, 2.75) is 56.5 Å². The third kappa shape index (κ3) is 15.3. The van der Waals surface area contributed by atoms with Crippen molar-refractivity contribution in [1.29, 1.82) is 0 Å². The van der Waals surface area contributed by atoms with Crippen LogP contribution >= 0.6 is 23.5 Å². The molecule has 0 saturated carbocycles. The molecule has 0 aliphatic carbocycles. The highest BCUT2D eigenvalue weighted by Crippen LogP contribution is 2.24. The summed E-state index contributed by atoms with van der Waals surface area (Å²) < 4.78 is 41.4. The number of carbonyl (C=O) groups excluding carboxylic acids is 5. The molecule has 2 aromatic rings. The van der Waals surface area contributed by atoms with E-state index in [9.17, 15) is 42.3 Å². The molecular formula is C30H36BF3N4O6S2. The molecule has 10 nitrogen and oxygen atoms in total. The minimum Gasteiger partial charge on any atom is -0.378 e. The van der Waals surface area contributed by atoms with Gasteiger partial charge in [-0.3, -0.25) is 29.3 Å². The molecule has 3 atom stereocenters. The lowest BCUT2D eigenvalue weighted by atomic mass is 10.0. The summed E-state index contributed by atoms with van der Waals surface area (Å²) in [5, 5.41) is 19.1. The summed E-state index contributed by atoms with van der Waals surface area (Å²) in [6, 6.07) is 12.9. The molecule has 16 heteroatoms. The lowest BCUT2D eigenvalue weighted by molar-refractivity contribution is -0.164. The van der Waals surface area contributed by atoms with Gasteiger partial charge in [0.2, 0.25) is 28.0 Å². The highest BCUT2D eigenvalue weighted by atomic mass is 32.2. The number of carbonyl (C=O) groups is 5. The van der Waals surface area contributed by atoms with Crippen LogP contribution < -0.4 is 21.3 Å². The number of thioether (sulfide) groups is 2. The summed E-state index contributed by atoms with van der Waals surface area (Å²) in [6.07, 6.45) is -6.67. The Morgan fingerprint density at radius 3 is 1.93 bits per heavy atom. The van der Waals surface area contributed by atoms with E-state index in [1.54, 1.807) is 60.7 Å². The number of aliphatic hydroxyl groups is 1. The van der Waals surface area contributed by atoms with Crippen LogP contribution in [0.4, 0.5) is 13.2 Å². The van der Waals surface area contributed by atoms with Gasteiger partial charge in [0, 0.05) is 23.4 Å². The quantitative estimate of drug-likeness (QED) is 0.0857. The molecule has 3 unspecified atom stereocenters. The van der Waals surface area contributed by atoms with Gasteiger partial charge in [0.1, 0.15) is 18.3 Å². The van der Waals surface area contributed by atoms with Gasteiger partial charge in [-0.25, -0.2) is 0 Å². The first-order valence-corrected chi connectivity index (χ1v) is 16.4. The fraction of sp³-hybridized carbons (Fsp3) is 0.433. The van der Waals surface area contributed by atoms with E-state index in [2.05, 4.69) is 16.0 Å². The molecule has 46 heavy (non-hydrogen) atoms. The molecular weight excluding hydrogens is 644 g/mol. The van der Waals surface area contributed by atoms with Crippen molar-refractivity contribution in [1.82, 2.24) is 21.3 Å². The Morgan fingerprint density at radius 2 is 1.37 bits per heavy atom. The molecule has 5 N–H and O–H groups in total. The predicted octanol–water partition coefficient (Wildman–Crippen LogP) is 2.84. The van der Waals surface area contributed by atoms with Gasteiger partial charge in [0.25, 0.3) is 0 Å². The van der Waals surface area contributed by atoms with E-state index in [4.69, 9.17) is 7.85 Å². The van der Waals surface area contributed by atoms with Crippen LogP contribution in [0.2, 0.25) is 6.32 Å². The Morgan fingerprint density at radius 1 is 0.783 bits per heavy atom. The zero-order valence-corrected chi connectivity index (χ0v) is 26.5. The van der Waals surface area contributed by atoms with Gasteiger partial charge in [0.15, 0.2) is 0 Å². The first-order valence-electron chi connectivity index (χ1n) is 14.4. The Bertz CT molecular complexity index is 1280. The lowest BCUT2D eigenvalue weighted by Gasteiger charge is -2.25. The van der Waals surface area contributed by atoms with Crippen LogP contribution in [0.25, 0.3) is 0 Å². The highest BCUT2D eigenvalue weighted by Gasteiger charge is 2.41. The summed E-state index contributed by atoms with van der Waals surface area (Å²) in [6.45, 7) is 0.0169. The van der Waals surface area contributed by atoms with E-state index in [0.29, 0.717) is 22.9 Å². The SMILES string of the molecule is [B]CC(=O)NCCCCC(NC(=O)C(CCNC(O)CSC(=O)c1ccccc1)NC(=O)CSC(=O)c1ccccc1)C(F)(F)F. The molecule has 2 rings (SSSR count). The number of benzene rings is 2. The Kier molecular flexibility index (Phi) is 17.5. The maximum Gasteiger partial charge on any atom is 0.408 e. The molecule has 0 saturated heterocycles. The molecule has 2 radical (unpaired) electrons. The minimum atomic E-state index is -4.79. The van der Waals surface area contributed by atoms with Crippen LogP contribution in [0.1, 0.15) is 46.4 Å². The summed E-state index contributed by atoms with van der Waals surface area (Å²) in [5.41, 5.74) is 0.800. The standard InChI is InChI=1S/C30H36BF3N4O6S2/c31-17-24(39)35-15-8-7-13-23(30(32,33)34)38-27(42)22(37-26(41)19-46-29(44)21-11-5-2-6-12-21)14-16-36-25(40)18-45-28(43)20-9-3-1-4-10-20/h1-6,9-12,22-23,25,36,40H,7-8,13-19H2,(H,35,39)(H,37,41)(H,38,42). The molecule has 2 aromatic carbocycles. The van der Waals surface area contributed by atoms with E-state index in [1.165, 1.54) is 0 Å². The average molecular weight is 681 g/mol. The van der Waals surface area contributed by atoms with Crippen molar-refractivity contribution in [2.75, 3.05) is 24.6 Å². The second-order valence-electron chi connectivity index (χ2n) is 9.94. The number of aliphatic hydroxyl groups excluding tert-OH is 1. The van der Waals surface area contributed by atoms with E-state index in [-0.39, 0.29) is 55.3 Å². The Balaban J connectivity index is 1.98. The molecule has 0 spiro atoms. The van der Waals surface area contributed by atoms with Crippen LogP contribution in [0.5, 0.6) is 0 Å². The number of alkyl halides is 3. The smallest absolute Gasteiger partial charge is 0.378 e. The molecule has 0 aliphatic heterocycles. The topological polar surface area (TPSA) is 154 Å². The van der Waals surface area contributed by atoms with E-state index < -0.39 is 53.7 Å². The van der Waals surface area contributed by atoms with Gasteiger partial charge in [-0.15, -0.1) is 0 Å². The highest BCUT2D eigenvalue weighted by molar-refractivity contribution is 8.14. The molecule has 0 fully saturated rings. The fourth-order valence-electron chi connectivity index (χ4n) is 3.92. The largest absolute Gasteiger partial charge is 0.408 e. The first-order chi connectivity index (χ1) is 21.9. The van der Waals surface area contributed by atoms with Crippen molar-refractivity contribution in [3.8, 4) is 0 Å². The summed E-state index contributed by atoms with van der Waals surface area (Å²) in [4.78, 5) is 61.6. The molecule has 0 aromatic heterocycles. The van der Waals surface area contributed by atoms with Crippen LogP contribution in [0.3, 0.4) is 0 Å². The minimum absolute atomic E-state index is 0.0255. The first kappa shape index (κ1) is 38.8. The van der Waals surface area contributed by atoms with Gasteiger partial charge in [-0.2, -0.15) is 13.2 Å². The number of unbranched alkanes of at least 4 members (excludes halogenated alkanes) is 1. The van der Waals surface area contributed by atoms with E-state index >= 15 is 0 Å². The lowest BCUT2D eigenvalue weighted by Crippen LogP contribution is -2.54. The maximum atomic E-state index is 13.8. The zero-order chi connectivity index (χ0) is 34.0. The van der Waals surface area contributed by atoms with E-state index in [1.807, 2.05) is 5.32 Å².